The van der Waals surface area contributed by atoms with Gasteiger partial charge in [0.2, 0.25) is 0 Å². The van der Waals surface area contributed by atoms with Crippen LogP contribution in [-0.2, 0) is 0 Å². The van der Waals surface area contributed by atoms with E-state index in [0.29, 0.717) is 22.0 Å². The Morgan fingerprint density at radius 2 is 1.95 bits per heavy atom. The van der Waals surface area contributed by atoms with Crippen molar-refractivity contribution in [2.45, 2.75) is 0 Å². The third kappa shape index (κ3) is 2.82. The second-order valence-corrected chi connectivity index (χ2v) is 4.84. The lowest BCUT2D eigenvalue weighted by Gasteiger charge is -2.12. The minimum atomic E-state index is -0.400. The summed E-state index contributed by atoms with van der Waals surface area (Å²) >= 11 is 6.18. The molecule has 0 saturated carbocycles. The van der Waals surface area contributed by atoms with E-state index in [0.717, 1.165) is 0 Å². The van der Waals surface area contributed by atoms with E-state index in [2.05, 4.69) is 15.4 Å². The molecule has 22 heavy (non-hydrogen) atoms. The zero-order valence-corrected chi connectivity index (χ0v) is 12.0. The highest BCUT2D eigenvalue weighted by molar-refractivity contribution is 6.33. The Labute approximate surface area is 130 Å². The number of anilines is 1. The maximum atomic E-state index is 12.9. The van der Waals surface area contributed by atoms with Crippen molar-refractivity contribution in [2.24, 2.45) is 0 Å². The van der Waals surface area contributed by atoms with Crippen molar-refractivity contribution in [1.29, 1.82) is 0 Å². The topological polar surface area (TPSA) is 59.8 Å². The summed E-state index contributed by atoms with van der Waals surface area (Å²) in [5.74, 6) is -0.772. The molecule has 0 radical (unpaired) electrons. The van der Waals surface area contributed by atoms with Crippen LogP contribution in [0.3, 0.4) is 0 Å². The number of nitrogens with zero attached hydrogens (tertiary/aromatic N) is 3. The molecule has 0 aliphatic rings. The van der Waals surface area contributed by atoms with E-state index >= 15 is 0 Å². The molecule has 1 heterocycles. The third-order valence-electron chi connectivity index (χ3n) is 2.99. The zero-order valence-electron chi connectivity index (χ0n) is 11.2. The molecule has 1 amide bonds. The molecular formula is C15H10ClFN4O. The van der Waals surface area contributed by atoms with Gasteiger partial charge in [-0.25, -0.2) is 14.1 Å². The van der Waals surface area contributed by atoms with Gasteiger partial charge in [-0.2, -0.15) is 5.10 Å². The van der Waals surface area contributed by atoms with Gasteiger partial charge in [0, 0.05) is 5.56 Å². The van der Waals surface area contributed by atoms with E-state index in [4.69, 9.17) is 11.6 Å². The van der Waals surface area contributed by atoms with Crippen molar-refractivity contribution in [1.82, 2.24) is 14.8 Å². The Bertz CT molecular complexity index is 803. The summed E-state index contributed by atoms with van der Waals surface area (Å²) in [6.45, 7) is 0. The highest BCUT2D eigenvalue weighted by Crippen LogP contribution is 2.28. The highest BCUT2D eigenvalue weighted by Gasteiger charge is 2.13. The van der Waals surface area contributed by atoms with Crippen molar-refractivity contribution in [3.8, 4) is 5.69 Å². The van der Waals surface area contributed by atoms with E-state index < -0.39 is 5.82 Å². The number of hydrogen-bond acceptors (Lipinski definition) is 3. The minimum Gasteiger partial charge on any atom is -0.320 e. The maximum absolute atomic E-state index is 12.9. The van der Waals surface area contributed by atoms with Crippen molar-refractivity contribution in [3.05, 3.63) is 71.5 Å². The van der Waals surface area contributed by atoms with Crippen LogP contribution >= 0.6 is 11.6 Å². The smallest absolute Gasteiger partial charge is 0.255 e. The van der Waals surface area contributed by atoms with Crippen LogP contribution < -0.4 is 5.32 Å². The molecule has 3 rings (SSSR count). The van der Waals surface area contributed by atoms with Crippen LogP contribution in [0, 0.1) is 5.82 Å². The number of benzene rings is 2. The van der Waals surface area contributed by atoms with Gasteiger partial charge in [0.1, 0.15) is 24.2 Å². The number of amides is 1. The van der Waals surface area contributed by atoms with E-state index in [1.165, 1.54) is 41.6 Å². The van der Waals surface area contributed by atoms with Gasteiger partial charge in [-0.05, 0) is 36.4 Å². The number of carbonyl (C=O) groups is 1. The van der Waals surface area contributed by atoms with Gasteiger partial charge in [-0.1, -0.05) is 17.7 Å². The van der Waals surface area contributed by atoms with Crippen LogP contribution in [0.4, 0.5) is 10.1 Å². The lowest BCUT2D eigenvalue weighted by molar-refractivity contribution is 0.102. The van der Waals surface area contributed by atoms with Gasteiger partial charge in [-0.15, -0.1) is 0 Å². The lowest BCUT2D eigenvalue weighted by Crippen LogP contribution is -2.14. The molecule has 5 nitrogen and oxygen atoms in total. The summed E-state index contributed by atoms with van der Waals surface area (Å²) in [4.78, 5) is 16.1. The van der Waals surface area contributed by atoms with Gasteiger partial charge in [0.15, 0.2) is 0 Å². The molecule has 0 bridgehead atoms. The molecule has 7 heteroatoms. The molecule has 0 aliphatic carbocycles. The SMILES string of the molecule is O=C(Nc1cccc(Cl)c1-n1cncn1)c1ccc(F)cc1. The first-order valence-corrected chi connectivity index (χ1v) is 6.73. The summed E-state index contributed by atoms with van der Waals surface area (Å²) in [7, 11) is 0. The molecule has 0 saturated heterocycles. The molecule has 0 unspecified atom stereocenters. The first-order valence-electron chi connectivity index (χ1n) is 6.35. The Morgan fingerprint density at radius 3 is 2.64 bits per heavy atom. The van der Waals surface area contributed by atoms with E-state index in [1.807, 2.05) is 0 Å². The fourth-order valence-corrected chi connectivity index (χ4v) is 2.23. The molecular weight excluding hydrogens is 307 g/mol. The molecule has 0 spiro atoms. The van der Waals surface area contributed by atoms with E-state index in [1.54, 1.807) is 18.2 Å². The van der Waals surface area contributed by atoms with Gasteiger partial charge in [-0.3, -0.25) is 4.79 Å². The summed E-state index contributed by atoms with van der Waals surface area (Å²) in [5.41, 5.74) is 1.33. The van der Waals surface area contributed by atoms with Gasteiger partial charge in [0.25, 0.3) is 5.91 Å². The number of hydrogen-bond donors (Lipinski definition) is 1. The predicted octanol–water partition coefficient (Wildman–Crippen LogP) is 3.31. The molecule has 110 valence electrons. The Balaban J connectivity index is 1.94. The standard InChI is InChI=1S/C15H10ClFN4O/c16-12-2-1-3-13(14(12)21-9-18-8-19-21)20-15(22)10-4-6-11(17)7-5-10/h1-9H,(H,20,22). The minimum absolute atomic E-state index is 0.339. The number of carbonyl (C=O) groups excluding carboxylic acids is 1. The third-order valence-corrected chi connectivity index (χ3v) is 3.29. The average molecular weight is 317 g/mol. The number of rotatable bonds is 3. The molecule has 0 aliphatic heterocycles. The summed E-state index contributed by atoms with van der Waals surface area (Å²) in [6.07, 6.45) is 2.85. The zero-order chi connectivity index (χ0) is 15.5. The highest BCUT2D eigenvalue weighted by atomic mass is 35.5. The fourth-order valence-electron chi connectivity index (χ4n) is 1.97. The van der Waals surface area contributed by atoms with Crippen LogP contribution in [-0.4, -0.2) is 20.7 Å². The molecule has 2 aromatic carbocycles. The van der Waals surface area contributed by atoms with Crippen LogP contribution in [0.5, 0.6) is 0 Å². The molecule has 0 atom stereocenters. The molecule has 1 N–H and O–H groups in total. The molecule has 1 aromatic heterocycles. The number of aromatic nitrogens is 3. The first kappa shape index (κ1) is 14.2. The van der Waals surface area contributed by atoms with Crippen molar-refractivity contribution >= 4 is 23.2 Å². The molecule has 3 aromatic rings. The summed E-state index contributed by atoms with van der Waals surface area (Å²) in [6, 6.07) is 10.4. The number of para-hydroxylation sites is 1. The lowest BCUT2D eigenvalue weighted by atomic mass is 10.2. The largest absolute Gasteiger partial charge is 0.320 e. The van der Waals surface area contributed by atoms with Gasteiger partial charge < -0.3 is 5.32 Å². The van der Waals surface area contributed by atoms with E-state index in [-0.39, 0.29) is 5.91 Å². The van der Waals surface area contributed by atoms with Crippen LogP contribution in [0.15, 0.2) is 55.1 Å². The summed E-state index contributed by atoms with van der Waals surface area (Å²) in [5, 5.41) is 7.18. The van der Waals surface area contributed by atoms with Crippen LogP contribution in [0.25, 0.3) is 5.69 Å². The quantitative estimate of drug-likeness (QED) is 0.806. The summed E-state index contributed by atoms with van der Waals surface area (Å²) < 4.78 is 14.4. The predicted molar refractivity (Wildman–Crippen MR) is 80.7 cm³/mol. The number of nitrogens with one attached hydrogen (secondary N) is 1. The first-order chi connectivity index (χ1) is 10.6. The Hall–Kier alpha value is -2.73. The average Bonchev–Trinajstić information content (AvgIpc) is 3.02. The Kier molecular flexibility index (Phi) is 3.84. The second kappa shape index (κ2) is 5.95. The second-order valence-electron chi connectivity index (χ2n) is 4.44. The van der Waals surface area contributed by atoms with Crippen molar-refractivity contribution in [2.75, 3.05) is 5.32 Å². The Morgan fingerprint density at radius 1 is 1.18 bits per heavy atom. The number of halogens is 2. The van der Waals surface area contributed by atoms with E-state index in [9.17, 15) is 9.18 Å². The van der Waals surface area contributed by atoms with Crippen molar-refractivity contribution in [3.63, 3.8) is 0 Å². The van der Waals surface area contributed by atoms with Crippen LogP contribution in [0.2, 0.25) is 5.02 Å². The molecule has 0 fully saturated rings. The normalized spacial score (nSPS) is 10.5. The van der Waals surface area contributed by atoms with Gasteiger partial charge >= 0.3 is 0 Å². The fraction of sp³-hybridized carbons (Fsp3) is 0. The van der Waals surface area contributed by atoms with Gasteiger partial charge in [0.05, 0.1) is 10.7 Å². The maximum Gasteiger partial charge on any atom is 0.255 e. The van der Waals surface area contributed by atoms with Crippen molar-refractivity contribution < 1.29 is 9.18 Å². The van der Waals surface area contributed by atoms with Crippen LogP contribution in [0.1, 0.15) is 10.4 Å². The monoisotopic (exact) mass is 316 g/mol.